The lowest BCUT2D eigenvalue weighted by Gasteiger charge is -2.05. The summed E-state index contributed by atoms with van der Waals surface area (Å²) >= 11 is 1.85. The fraction of sp³-hybridized carbons (Fsp3) is 0.500. The van der Waals surface area contributed by atoms with Crippen molar-refractivity contribution in [3.63, 3.8) is 0 Å². The van der Waals surface area contributed by atoms with Crippen molar-refractivity contribution in [2.24, 2.45) is 0 Å². The van der Waals surface area contributed by atoms with Gasteiger partial charge in [0.15, 0.2) is 0 Å². The molecule has 0 bridgehead atoms. The van der Waals surface area contributed by atoms with Gasteiger partial charge in [-0.05, 0) is 50.3 Å². The molecule has 0 N–H and O–H groups in total. The van der Waals surface area contributed by atoms with Crippen molar-refractivity contribution < 1.29 is 4.74 Å². The largest absolute Gasteiger partial charge is 0.488 e. The Hall–Kier alpha value is -1.09. The summed E-state index contributed by atoms with van der Waals surface area (Å²) in [4.78, 5) is 4.79. The van der Waals surface area contributed by atoms with Crippen molar-refractivity contribution in [2.75, 3.05) is 0 Å². The molecule has 0 radical (unpaired) electrons. The minimum atomic E-state index is 0.450. The van der Waals surface area contributed by atoms with E-state index in [2.05, 4.69) is 19.1 Å². The van der Waals surface area contributed by atoms with E-state index in [1.165, 1.54) is 41.0 Å². The Morgan fingerprint density at radius 1 is 1.24 bits per heavy atom. The summed E-state index contributed by atoms with van der Waals surface area (Å²) in [6.45, 7) is 2.13. The molecule has 0 atom stereocenters. The van der Waals surface area contributed by atoms with E-state index in [-0.39, 0.29) is 0 Å². The van der Waals surface area contributed by atoms with Crippen molar-refractivity contribution in [1.29, 1.82) is 0 Å². The van der Waals surface area contributed by atoms with Crippen LogP contribution in [-0.4, -0.2) is 11.1 Å². The van der Waals surface area contributed by atoms with Gasteiger partial charge in [0.1, 0.15) is 11.3 Å². The van der Waals surface area contributed by atoms with E-state index in [0.29, 0.717) is 6.10 Å². The highest BCUT2D eigenvalue weighted by atomic mass is 32.1. The summed E-state index contributed by atoms with van der Waals surface area (Å²) in [6, 6.07) is 4.37. The Labute approximate surface area is 105 Å². The second-order valence-electron chi connectivity index (χ2n) is 5.25. The van der Waals surface area contributed by atoms with Crippen molar-refractivity contribution in [2.45, 2.75) is 44.6 Å². The van der Waals surface area contributed by atoms with E-state index < -0.39 is 0 Å². The van der Waals surface area contributed by atoms with Gasteiger partial charge in [-0.1, -0.05) is 0 Å². The highest BCUT2D eigenvalue weighted by Gasteiger charge is 2.29. The van der Waals surface area contributed by atoms with E-state index >= 15 is 0 Å². The Kier molecular flexibility index (Phi) is 2.01. The minimum absolute atomic E-state index is 0.450. The number of rotatable bonds is 3. The molecule has 2 aromatic rings. The standard InChI is InChI=1S/C14H15NOS/c1-8-6-11(16-10-4-5-10)13-12(7-8)17-14(15-13)9-2-3-9/h6-7,9-10H,2-5H2,1H3. The zero-order valence-electron chi connectivity index (χ0n) is 9.90. The van der Waals surface area contributed by atoms with Crippen LogP contribution >= 0.6 is 11.3 Å². The molecule has 0 unspecified atom stereocenters. The normalized spacial score (nSPS) is 19.8. The molecule has 0 amide bonds. The van der Waals surface area contributed by atoms with Crippen molar-refractivity contribution in [1.82, 2.24) is 4.98 Å². The number of ether oxygens (including phenoxy) is 1. The second kappa shape index (κ2) is 3.45. The maximum Gasteiger partial charge on any atom is 0.147 e. The molecule has 0 saturated heterocycles. The molecule has 0 spiro atoms. The zero-order chi connectivity index (χ0) is 11.4. The monoisotopic (exact) mass is 245 g/mol. The molecule has 1 heterocycles. The van der Waals surface area contributed by atoms with Crippen LogP contribution < -0.4 is 4.74 Å². The fourth-order valence-electron chi connectivity index (χ4n) is 2.11. The van der Waals surface area contributed by atoms with Crippen LogP contribution in [0.2, 0.25) is 0 Å². The van der Waals surface area contributed by atoms with Crippen LogP contribution in [0.25, 0.3) is 10.2 Å². The molecule has 2 nitrogen and oxygen atoms in total. The molecule has 88 valence electrons. The van der Waals surface area contributed by atoms with Crippen LogP contribution in [0, 0.1) is 6.92 Å². The van der Waals surface area contributed by atoms with E-state index in [1.807, 2.05) is 11.3 Å². The molecule has 1 aromatic heterocycles. The first-order valence-corrected chi connectivity index (χ1v) is 7.19. The van der Waals surface area contributed by atoms with Crippen LogP contribution in [0.4, 0.5) is 0 Å². The van der Waals surface area contributed by atoms with Gasteiger partial charge in [-0.2, -0.15) is 0 Å². The van der Waals surface area contributed by atoms with Crippen molar-refractivity contribution >= 4 is 21.6 Å². The lowest BCUT2D eigenvalue weighted by molar-refractivity contribution is 0.306. The van der Waals surface area contributed by atoms with Gasteiger partial charge < -0.3 is 4.74 Å². The maximum absolute atomic E-state index is 5.98. The van der Waals surface area contributed by atoms with E-state index in [1.54, 1.807) is 0 Å². The van der Waals surface area contributed by atoms with Crippen LogP contribution in [0.1, 0.15) is 42.2 Å². The Morgan fingerprint density at radius 3 is 2.76 bits per heavy atom. The van der Waals surface area contributed by atoms with Crippen LogP contribution in [0.3, 0.4) is 0 Å². The highest BCUT2D eigenvalue weighted by Crippen LogP contribution is 2.45. The van der Waals surface area contributed by atoms with E-state index in [4.69, 9.17) is 9.72 Å². The molecule has 3 heteroatoms. The number of aromatic nitrogens is 1. The van der Waals surface area contributed by atoms with Gasteiger partial charge in [0, 0.05) is 5.92 Å². The summed E-state index contributed by atoms with van der Waals surface area (Å²) in [5, 5.41) is 1.31. The van der Waals surface area contributed by atoms with Gasteiger partial charge in [-0.25, -0.2) is 4.98 Å². The predicted molar refractivity (Wildman–Crippen MR) is 70.0 cm³/mol. The third-order valence-corrected chi connectivity index (χ3v) is 4.53. The first-order chi connectivity index (χ1) is 8.29. The van der Waals surface area contributed by atoms with Crippen LogP contribution in [0.5, 0.6) is 5.75 Å². The quantitative estimate of drug-likeness (QED) is 0.814. The zero-order valence-corrected chi connectivity index (χ0v) is 10.7. The topological polar surface area (TPSA) is 22.1 Å². The van der Waals surface area contributed by atoms with E-state index in [0.717, 1.165) is 17.2 Å². The minimum Gasteiger partial charge on any atom is -0.488 e. The summed E-state index contributed by atoms with van der Waals surface area (Å²) in [5.74, 6) is 1.74. The molecule has 1 aromatic carbocycles. The van der Waals surface area contributed by atoms with E-state index in [9.17, 15) is 0 Å². The molecule has 2 fully saturated rings. The Bertz CT molecular complexity index is 581. The Balaban J connectivity index is 1.84. The first-order valence-electron chi connectivity index (χ1n) is 6.37. The molecule has 4 rings (SSSR count). The van der Waals surface area contributed by atoms with Gasteiger partial charge in [0.2, 0.25) is 0 Å². The fourth-order valence-corrected chi connectivity index (χ4v) is 3.36. The number of benzene rings is 1. The van der Waals surface area contributed by atoms with Gasteiger partial charge in [0.25, 0.3) is 0 Å². The number of nitrogens with zero attached hydrogens (tertiary/aromatic N) is 1. The lowest BCUT2D eigenvalue weighted by Crippen LogP contribution is -1.97. The smallest absolute Gasteiger partial charge is 0.147 e. The van der Waals surface area contributed by atoms with Crippen molar-refractivity contribution in [3.05, 3.63) is 22.7 Å². The summed E-state index contributed by atoms with van der Waals surface area (Å²) < 4.78 is 7.27. The number of fused-ring (bicyclic) bond motifs is 1. The third-order valence-electron chi connectivity index (χ3n) is 3.37. The van der Waals surface area contributed by atoms with Gasteiger partial charge in [-0.15, -0.1) is 11.3 Å². The lowest BCUT2D eigenvalue weighted by atomic mass is 10.2. The first kappa shape index (κ1) is 9.89. The van der Waals surface area contributed by atoms with Crippen molar-refractivity contribution in [3.8, 4) is 5.75 Å². The number of aryl methyl sites for hydroxylation is 1. The molecule has 17 heavy (non-hydrogen) atoms. The molecule has 2 aliphatic carbocycles. The summed E-state index contributed by atoms with van der Waals surface area (Å²) in [6.07, 6.45) is 5.49. The van der Waals surface area contributed by atoms with Crippen LogP contribution in [0.15, 0.2) is 12.1 Å². The molecule has 2 aliphatic rings. The number of hydrogen-bond donors (Lipinski definition) is 0. The number of thiazole rings is 1. The van der Waals surface area contributed by atoms with Gasteiger partial charge in [0.05, 0.1) is 15.8 Å². The molecular weight excluding hydrogens is 230 g/mol. The average molecular weight is 245 g/mol. The SMILES string of the molecule is Cc1cc(OC2CC2)c2nc(C3CC3)sc2c1. The molecule has 0 aliphatic heterocycles. The third kappa shape index (κ3) is 1.82. The van der Waals surface area contributed by atoms with Gasteiger partial charge in [-0.3, -0.25) is 0 Å². The molecular formula is C14H15NOS. The highest BCUT2D eigenvalue weighted by molar-refractivity contribution is 7.18. The number of hydrogen-bond acceptors (Lipinski definition) is 3. The summed E-state index contributed by atoms with van der Waals surface area (Å²) in [5.41, 5.74) is 2.37. The second-order valence-corrected chi connectivity index (χ2v) is 6.32. The average Bonchev–Trinajstić information content (AvgIpc) is 3.18. The van der Waals surface area contributed by atoms with Gasteiger partial charge >= 0.3 is 0 Å². The maximum atomic E-state index is 5.98. The summed E-state index contributed by atoms with van der Waals surface area (Å²) in [7, 11) is 0. The molecule has 2 saturated carbocycles. The Morgan fingerprint density at radius 2 is 2.06 bits per heavy atom. The predicted octanol–water partition coefficient (Wildman–Crippen LogP) is 4.02. The van der Waals surface area contributed by atoms with Crippen LogP contribution in [-0.2, 0) is 0 Å².